The van der Waals surface area contributed by atoms with E-state index in [0.717, 1.165) is 40.3 Å². The Labute approximate surface area is 160 Å². The molecule has 0 bridgehead atoms. The molecule has 3 aromatic rings. The number of halogens is 1. The van der Waals surface area contributed by atoms with Crippen LogP contribution in [0, 0.1) is 5.82 Å². The quantitative estimate of drug-likeness (QED) is 0.341. The van der Waals surface area contributed by atoms with Crippen LogP contribution < -0.4 is 0 Å². The molecule has 0 aliphatic heterocycles. The van der Waals surface area contributed by atoms with Gasteiger partial charge in [-0.15, -0.1) is 11.3 Å². The molecular weight excluding hydrogens is 367 g/mol. The molecule has 3 nitrogen and oxygen atoms in total. The molecule has 0 amide bonds. The third-order valence-electron chi connectivity index (χ3n) is 4.66. The predicted molar refractivity (Wildman–Crippen MR) is 105 cm³/mol. The Morgan fingerprint density at radius 3 is 2.85 bits per heavy atom. The SMILES string of the molecule is CCc1nc(SCC(=O)c2ccccc2F)c2c3c(sc2n1)CCCC3. The molecule has 2 aromatic heterocycles. The van der Waals surface area contributed by atoms with Crippen molar-refractivity contribution < 1.29 is 9.18 Å². The van der Waals surface area contributed by atoms with Crippen molar-refractivity contribution in [1.82, 2.24) is 9.97 Å². The van der Waals surface area contributed by atoms with Gasteiger partial charge in [-0.3, -0.25) is 4.79 Å². The van der Waals surface area contributed by atoms with Crippen LogP contribution in [0.25, 0.3) is 10.2 Å². The fourth-order valence-corrected chi connectivity index (χ4v) is 5.63. The van der Waals surface area contributed by atoms with Crippen molar-refractivity contribution in [1.29, 1.82) is 0 Å². The van der Waals surface area contributed by atoms with E-state index in [1.165, 1.54) is 47.2 Å². The third-order valence-corrected chi connectivity index (χ3v) is 6.82. The summed E-state index contributed by atoms with van der Waals surface area (Å²) in [5, 5.41) is 1.99. The second kappa shape index (κ2) is 7.45. The van der Waals surface area contributed by atoms with E-state index in [-0.39, 0.29) is 17.1 Å². The molecule has 2 heterocycles. The minimum absolute atomic E-state index is 0.147. The number of carbonyl (C=O) groups excluding carboxylic acids is 1. The summed E-state index contributed by atoms with van der Waals surface area (Å²) in [6.07, 6.45) is 5.33. The van der Waals surface area contributed by atoms with Crippen molar-refractivity contribution in [2.24, 2.45) is 0 Å². The normalized spacial score (nSPS) is 13.8. The fourth-order valence-electron chi connectivity index (χ4n) is 3.33. The van der Waals surface area contributed by atoms with Crippen LogP contribution in [0.1, 0.15) is 46.4 Å². The standard InChI is InChI=1S/C20H19FN2OS2/c1-2-17-22-19(25-11-15(24)12-7-3-5-9-14(12)21)18-13-8-4-6-10-16(13)26-20(18)23-17/h3,5,7,9H,2,4,6,8,10-11H2,1H3. The molecule has 0 fully saturated rings. The monoisotopic (exact) mass is 386 g/mol. The lowest BCUT2D eigenvalue weighted by Gasteiger charge is -2.12. The van der Waals surface area contributed by atoms with Gasteiger partial charge in [0.15, 0.2) is 5.78 Å². The van der Waals surface area contributed by atoms with E-state index in [4.69, 9.17) is 9.97 Å². The fraction of sp³-hybridized carbons (Fsp3) is 0.350. The summed E-state index contributed by atoms with van der Waals surface area (Å²) in [4.78, 5) is 24.3. The Bertz CT molecular complexity index is 983. The highest BCUT2D eigenvalue weighted by Gasteiger charge is 2.22. The maximum absolute atomic E-state index is 13.9. The number of thioether (sulfide) groups is 1. The van der Waals surface area contributed by atoms with Gasteiger partial charge in [-0.05, 0) is 43.4 Å². The van der Waals surface area contributed by atoms with Gasteiger partial charge in [0, 0.05) is 16.7 Å². The number of aryl methyl sites for hydroxylation is 3. The first kappa shape index (κ1) is 17.6. The molecule has 4 rings (SSSR count). The van der Waals surface area contributed by atoms with Crippen LogP contribution in [-0.4, -0.2) is 21.5 Å². The van der Waals surface area contributed by atoms with Crippen LogP contribution in [0.5, 0.6) is 0 Å². The number of hydrogen-bond acceptors (Lipinski definition) is 5. The van der Waals surface area contributed by atoms with E-state index in [1.807, 2.05) is 6.92 Å². The second-order valence-electron chi connectivity index (χ2n) is 6.38. The van der Waals surface area contributed by atoms with Crippen molar-refractivity contribution in [3.63, 3.8) is 0 Å². The molecule has 1 aromatic carbocycles. The summed E-state index contributed by atoms with van der Waals surface area (Å²) in [6, 6.07) is 6.15. The summed E-state index contributed by atoms with van der Waals surface area (Å²) >= 11 is 3.18. The molecule has 6 heteroatoms. The molecule has 26 heavy (non-hydrogen) atoms. The van der Waals surface area contributed by atoms with E-state index in [2.05, 4.69) is 0 Å². The van der Waals surface area contributed by atoms with Gasteiger partial charge in [0.25, 0.3) is 0 Å². The first-order chi connectivity index (χ1) is 12.7. The van der Waals surface area contributed by atoms with E-state index in [1.54, 1.807) is 23.5 Å². The van der Waals surface area contributed by atoms with E-state index < -0.39 is 5.82 Å². The molecule has 1 aliphatic carbocycles. The predicted octanol–water partition coefficient (Wildman–Crippen LogP) is 5.25. The average Bonchev–Trinajstić information content (AvgIpc) is 3.04. The maximum Gasteiger partial charge on any atom is 0.176 e. The first-order valence-electron chi connectivity index (χ1n) is 8.89. The lowest BCUT2D eigenvalue weighted by Crippen LogP contribution is -2.06. The number of Topliss-reactive ketones (excluding diaryl/α,β-unsaturated/α-hetero) is 1. The highest BCUT2D eigenvalue weighted by Crippen LogP contribution is 2.39. The zero-order valence-corrected chi connectivity index (χ0v) is 16.2. The topological polar surface area (TPSA) is 42.9 Å². The Kier molecular flexibility index (Phi) is 5.05. The lowest BCUT2D eigenvalue weighted by molar-refractivity contribution is 0.101. The van der Waals surface area contributed by atoms with Crippen molar-refractivity contribution in [2.45, 2.75) is 44.1 Å². The molecule has 0 unspecified atom stereocenters. The summed E-state index contributed by atoms with van der Waals surface area (Å²) in [6.45, 7) is 2.04. The van der Waals surface area contributed by atoms with Gasteiger partial charge < -0.3 is 0 Å². The molecule has 1 aliphatic rings. The highest BCUT2D eigenvalue weighted by molar-refractivity contribution is 8.00. The van der Waals surface area contributed by atoms with Gasteiger partial charge in [-0.25, -0.2) is 14.4 Å². The van der Waals surface area contributed by atoms with Gasteiger partial charge in [-0.1, -0.05) is 30.8 Å². The number of ketones is 1. The van der Waals surface area contributed by atoms with Crippen molar-refractivity contribution in [2.75, 3.05) is 5.75 Å². The molecular formula is C20H19FN2OS2. The van der Waals surface area contributed by atoms with Crippen LogP contribution >= 0.6 is 23.1 Å². The number of nitrogens with zero attached hydrogens (tertiary/aromatic N) is 2. The average molecular weight is 387 g/mol. The number of benzene rings is 1. The molecule has 0 radical (unpaired) electrons. The molecule has 0 saturated heterocycles. The number of thiophene rings is 1. The number of fused-ring (bicyclic) bond motifs is 3. The molecule has 0 N–H and O–H groups in total. The zero-order valence-electron chi connectivity index (χ0n) is 14.5. The summed E-state index contributed by atoms with van der Waals surface area (Å²) < 4.78 is 13.9. The van der Waals surface area contributed by atoms with Crippen molar-refractivity contribution in [3.8, 4) is 0 Å². The van der Waals surface area contributed by atoms with E-state index in [9.17, 15) is 9.18 Å². The number of rotatable bonds is 5. The zero-order chi connectivity index (χ0) is 18.1. The van der Waals surface area contributed by atoms with Gasteiger partial charge in [0.05, 0.1) is 11.3 Å². The second-order valence-corrected chi connectivity index (χ2v) is 8.43. The van der Waals surface area contributed by atoms with Crippen LogP contribution in [0.3, 0.4) is 0 Å². The molecule has 0 saturated carbocycles. The van der Waals surface area contributed by atoms with E-state index in [0.29, 0.717) is 0 Å². The number of carbonyl (C=O) groups is 1. The summed E-state index contributed by atoms with van der Waals surface area (Å²) in [5.41, 5.74) is 1.51. The first-order valence-corrected chi connectivity index (χ1v) is 10.7. The minimum Gasteiger partial charge on any atom is -0.293 e. The molecule has 134 valence electrons. The van der Waals surface area contributed by atoms with Gasteiger partial charge in [0.1, 0.15) is 21.5 Å². The minimum atomic E-state index is -0.465. The van der Waals surface area contributed by atoms with Crippen LogP contribution in [0.4, 0.5) is 4.39 Å². The third kappa shape index (κ3) is 3.28. The number of hydrogen-bond donors (Lipinski definition) is 0. The van der Waals surface area contributed by atoms with Crippen LogP contribution in [-0.2, 0) is 19.3 Å². The van der Waals surface area contributed by atoms with Crippen LogP contribution in [0.2, 0.25) is 0 Å². The van der Waals surface area contributed by atoms with Gasteiger partial charge >= 0.3 is 0 Å². The van der Waals surface area contributed by atoms with Crippen molar-refractivity contribution >= 4 is 39.1 Å². The molecule has 0 spiro atoms. The summed E-state index contributed by atoms with van der Waals surface area (Å²) in [7, 11) is 0. The van der Waals surface area contributed by atoms with E-state index >= 15 is 0 Å². The Balaban J connectivity index is 1.68. The Morgan fingerprint density at radius 2 is 2.04 bits per heavy atom. The van der Waals surface area contributed by atoms with Crippen LogP contribution in [0.15, 0.2) is 29.3 Å². The molecule has 0 atom stereocenters. The summed E-state index contributed by atoms with van der Waals surface area (Å²) in [5.74, 6) is 0.313. The smallest absolute Gasteiger partial charge is 0.176 e. The van der Waals surface area contributed by atoms with Gasteiger partial charge in [0.2, 0.25) is 0 Å². The largest absolute Gasteiger partial charge is 0.293 e. The highest BCUT2D eigenvalue weighted by atomic mass is 32.2. The lowest BCUT2D eigenvalue weighted by atomic mass is 9.97. The Hall–Kier alpha value is -1.79. The maximum atomic E-state index is 13.9. The van der Waals surface area contributed by atoms with Gasteiger partial charge in [-0.2, -0.15) is 0 Å². The Morgan fingerprint density at radius 1 is 1.23 bits per heavy atom. The number of aromatic nitrogens is 2. The van der Waals surface area contributed by atoms with Crippen molar-refractivity contribution in [3.05, 3.63) is 51.9 Å².